The fourth-order valence-electron chi connectivity index (χ4n) is 1.75. The van der Waals surface area contributed by atoms with E-state index in [4.69, 9.17) is 4.74 Å². The van der Waals surface area contributed by atoms with Crippen LogP contribution in [0, 0.1) is 6.92 Å². The van der Waals surface area contributed by atoms with Gasteiger partial charge in [0.05, 0.1) is 12.3 Å². The lowest BCUT2D eigenvalue weighted by Gasteiger charge is -2.07. The third kappa shape index (κ3) is 3.85. The number of nitrogens with zero attached hydrogens (tertiary/aromatic N) is 2. The van der Waals surface area contributed by atoms with Gasteiger partial charge in [0.1, 0.15) is 12.1 Å². The van der Waals surface area contributed by atoms with E-state index in [0.29, 0.717) is 23.7 Å². The Balaban J connectivity index is 2.16. The second-order valence-electron chi connectivity index (χ2n) is 4.30. The van der Waals surface area contributed by atoms with E-state index in [0.717, 1.165) is 10.0 Å². The lowest BCUT2D eigenvalue weighted by molar-refractivity contribution is 0.102. The minimum Gasteiger partial charge on any atom is -0.378 e. The van der Waals surface area contributed by atoms with Crippen molar-refractivity contribution < 1.29 is 9.53 Å². The molecule has 0 aliphatic rings. The number of methoxy groups -OCH3 is 1. The zero-order chi connectivity index (χ0) is 14.5. The van der Waals surface area contributed by atoms with E-state index in [1.165, 1.54) is 6.33 Å². The first-order chi connectivity index (χ1) is 9.58. The van der Waals surface area contributed by atoms with E-state index in [-0.39, 0.29) is 5.91 Å². The summed E-state index contributed by atoms with van der Waals surface area (Å²) < 4.78 is 5.86. The van der Waals surface area contributed by atoms with Crippen molar-refractivity contribution in [3.8, 4) is 0 Å². The Morgan fingerprint density at radius 3 is 2.80 bits per heavy atom. The van der Waals surface area contributed by atoms with Gasteiger partial charge < -0.3 is 10.1 Å². The molecule has 0 aliphatic carbocycles. The molecule has 0 saturated carbocycles. The summed E-state index contributed by atoms with van der Waals surface area (Å²) in [5, 5.41) is 2.75. The summed E-state index contributed by atoms with van der Waals surface area (Å²) in [5.41, 5.74) is 2.29. The normalized spacial score (nSPS) is 10.3. The van der Waals surface area contributed by atoms with E-state index in [1.807, 2.05) is 19.1 Å². The SMILES string of the molecule is COCc1cc(NC(=O)c2cc(C)cc(Br)c2)ncn1. The number of amides is 1. The molecule has 20 heavy (non-hydrogen) atoms. The third-order valence-electron chi connectivity index (χ3n) is 2.56. The third-order valence-corrected chi connectivity index (χ3v) is 3.02. The lowest BCUT2D eigenvalue weighted by atomic mass is 10.1. The Kier molecular flexibility index (Phi) is 4.81. The van der Waals surface area contributed by atoms with Gasteiger partial charge in [-0.3, -0.25) is 4.79 Å². The Morgan fingerprint density at radius 1 is 1.30 bits per heavy atom. The number of rotatable bonds is 4. The Hall–Kier alpha value is -1.79. The first kappa shape index (κ1) is 14.6. The highest BCUT2D eigenvalue weighted by Crippen LogP contribution is 2.16. The van der Waals surface area contributed by atoms with Gasteiger partial charge in [-0.15, -0.1) is 0 Å². The minimum absolute atomic E-state index is 0.212. The quantitative estimate of drug-likeness (QED) is 0.932. The number of aromatic nitrogens is 2. The molecule has 5 nitrogen and oxygen atoms in total. The van der Waals surface area contributed by atoms with Crippen molar-refractivity contribution in [3.05, 3.63) is 51.9 Å². The second kappa shape index (κ2) is 6.58. The Bertz CT molecular complexity index is 611. The highest BCUT2D eigenvalue weighted by molar-refractivity contribution is 9.10. The van der Waals surface area contributed by atoms with Crippen LogP contribution >= 0.6 is 15.9 Å². The van der Waals surface area contributed by atoms with Crippen molar-refractivity contribution in [2.24, 2.45) is 0 Å². The number of carbonyl (C=O) groups is 1. The van der Waals surface area contributed by atoms with Crippen LogP contribution in [0.15, 0.2) is 35.1 Å². The highest BCUT2D eigenvalue weighted by atomic mass is 79.9. The molecular weight excluding hydrogens is 322 g/mol. The van der Waals surface area contributed by atoms with Crippen LogP contribution in [0.3, 0.4) is 0 Å². The monoisotopic (exact) mass is 335 g/mol. The number of hydrogen-bond donors (Lipinski definition) is 1. The second-order valence-corrected chi connectivity index (χ2v) is 5.21. The molecule has 1 aromatic carbocycles. The Labute approximate surface area is 125 Å². The maximum atomic E-state index is 12.2. The molecule has 1 heterocycles. The first-order valence-electron chi connectivity index (χ1n) is 5.97. The summed E-state index contributed by atoms with van der Waals surface area (Å²) in [4.78, 5) is 20.2. The summed E-state index contributed by atoms with van der Waals surface area (Å²) in [6, 6.07) is 7.21. The molecule has 0 unspecified atom stereocenters. The molecule has 0 spiro atoms. The molecule has 0 fully saturated rings. The fraction of sp³-hybridized carbons (Fsp3) is 0.214. The van der Waals surface area contributed by atoms with Crippen LogP contribution in [0.1, 0.15) is 21.6 Å². The van der Waals surface area contributed by atoms with Gasteiger partial charge in [0.25, 0.3) is 5.91 Å². The molecule has 1 N–H and O–H groups in total. The topological polar surface area (TPSA) is 64.1 Å². The van der Waals surface area contributed by atoms with Gasteiger partial charge >= 0.3 is 0 Å². The average molecular weight is 336 g/mol. The predicted octanol–water partition coefficient (Wildman–Crippen LogP) is 2.95. The molecule has 2 rings (SSSR count). The van der Waals surface area contributed by atoms with Crippen LogP contribution in [0.25, 0.3) is 0 Å². The van der Waals surface area contributed by atoms with Crippen molar-refractivity contribution in [2.75, 3.05) is 12.4 Å². The minimum atomic E-state index is -0.212. The summed E-state index contributed by atoms with van der Waals surface area (Å²) in [6.07, 6.45) is 1.40. The number of aryl methyl sites for hydroxylation is 1. The van der Waals surface area contributed by atoms with Crippen molar-refractivity contribution in [2.45, 2.75) is 13.5 Å². The number of hydrogen-bond acceptors (Lipinski definition) is 4. The maximum Gasteiger partial charge on any atom is 0.256 e. The number of anilines is 1. The average Bonchev–Trinajstić information content (AvgIpc) is 2.38. The lowest BCUT2D eigenvalue weighted by Crippen LogP contribution is -2.13. The molecule has 2 aromatic rings. The molecule has 0 aliphatic heterocycles. The summed E-state index contributed by atoms with van der Waals surface area (Å²) in [7, 11) is 1.59. The van der Waals surface area contributed by atoms with Crippen molar-refractivity contribution in [1.82, 2.24) is 9.97 Å². The number of halogens is 1. The van der Waals surface area contributed by atoms with Gasteiger partial charge in [0, 0.05) is 23.2 Å². The maximum absolute atomic E-state index is 12.2. The van der Waals surface area contributed by atoms with E-state index in [9.17, 15) is 4.79 Å². The van der Waals surface area contributed by atoms with Gasteiger partial charge in [-0.05, 0) is 30.7 Å². The van der Waals surface area contributed by atoms with Crippen LogP contribution in [0.5, 0.6) is 0 Å². The largest absolute Gasteiger partial charge is 0.378 e. The van der Waals surface area contributed by atoms with E-state index in [2.05, 4.69) is 31.2 Å². The summed E-state index contributed by atoms with van der Waals surface area (Å²) >= 11 is 3.38. The number of benzene rings is 1. The van der Waals surface area contributed by atoms with Crippen molar-refractivity contribution >= 4 is 27.7 Å². The van der Waals surface area contributed by atoms with Crippen LogP contribution in [0.2, 0.25) is 0 Å². The predicted molar refractivity (Wildman–Crippen MR) is 79.6 cm³/mol. The molecule has 0 radical (unpaired) electrons. The highest BCUT2D eigenvalue weighted by Gasteiger charge is 2.09. The van der Waals surface area contributed by atoms with Gasteiger partial charge in [-0.25, -0.2) is 9.97 Å². The van der Waals surface area contributed by atoms with Crippen LogP contribution in [-0.2, 0) is 11.3 Å². The first-order valence-corrected chi connectivity index (χ1v) is 6.76. The summed E-state index contributed by atoms with van der Waals surface area (Å²) in [6.45, 7) is 2.31. The van der Waals surface area contributed by atoms with Gasteiger partial charge in [0.2, 0.25) is 0 Å². The van der Waals surface area contributed by atoms with Gasteiger partial charge in [-0.2, -0.15) is 0 Å². The summed E-state index contributed by atoms with van der Waals surface area (Å²) in [5.74, 6) is 0.242. The fourth-order valence-corrected chi connectivity index (χ4v) is 2.36. The van der Waals surface area contributed by atoms with Crippen LogP contribution in [-0.4, -0.2) is 23.0 Å². The van der Waals surface area contributed by atoms with E-state index >= 15 is 0 Å². The van der Waals surface area contributed by atoms with Gasteiger partial charge in [0.15, 0.2) is 0 Å². The molecule has 6 heteroatoms. The number of carbonyl (C=O) groups excluding carboxylic acids is 1. The van der Waals surface area contributed by atoms with E-state index in [1.54, 1.807) is 19.2 Å². The number of ether oxygens (including phenoxy) is 1. The molecule has 1 amide bonds. The van der Waals surface area contributed by atoms with Gasteiger partial charge in [-0.1, -0.05) is 15.9 Å². The number of nitrogens with one attached hydrogen (secondary N) is 1. The smallest absolute Gasteiger partial charge is 0.256 e. The van der Waals surface area contributed by atoms with Crippen LogP contribution < -0.4 is 5.32 Å². The van der Waals surface area contributed by atoms with Crippen molar-refractivity contribution in [3.63, 3.8) is 0 Å². The molecule has 0 atom stereocenters. The molecule has 0 bridgehead atoms. The molecule has 1 aromatic heterocycles. The van der Waals surface area contributed by atoms with E-state index < -0.39 is 0 Å². The zero-order valence-corrected chi connectivity index (χ0v) is 12.8. The van der Waals surface area contributed by atoms with Crippen molar-refractivity contribution in [1.29, 1.82) is 0 Å². The zero-order valence-electron chi connectivity index (χ0n) is 11.2. The Morgan fingerprint density at radius 2 is 2.10 bits per heavy atom. The molecular formula is C14H14BrN3O2. The van der Waals surface area contributed by atoms with Crippen LogP contribution in [0.4, 0.5) is 5.82 Å². The molecule has 0 saturated heterocycles. The standard InChI is InChI=1S/C14H14BrN3O2/c1-9-3-10(5-11(15)4-9)14(19)18-13-6-12(7-20-2)16-8-17-13/h3-6,8H,7H2,1-2H3,(H,16,17,18,19). The molecule has 104 valence electrons.